The first-order valence-electron chi connectivity index (χ1n) is 4.47. The second-order valence-electron chi connectivity index (χ2n) is 3.11. The monoisotopic (exact) mass is 217 g/mol. The third-order valence-corrected chi connectivity index (χ3v) is 2.09. The lowest BCUT2D eigenvalue weighted by molar-refractivity contribution is -0.000479. The van der Waals surface area contributed by atoms with Crippen molar-refractivity contribution >= 4 is 12.4 Å². The highest BCUT2D eigenvalue weighted by Gasteiger charge is 2.14. The van der Waals surface area contributed by atoms with Crippen LogP contribution in [0.4, 0.5) is 4.39 Å². The van der Waals surface area contributed by atoms with Gasteiger partial charge in [-0.25, -0.2) is 4.39 Å². The summed E-state index contributed by atoms with van der Waals surface area (Å²) in [6.07, 6.45) is 0.885. The normalized spacial score (nSPS) is 21.4. The van der Waals surface area contributed by atoms with Crippen LogP contribution < -0.4 is 5.32 Å². The predicted octanol–water partition coefficient (Wildman–Crippen LogP) is 2.26. The third-order valence-electron chi connectivity index (χ3n) is 2.09. The Morgan fingerprint density at radius 3 is 2.93 bits per heavy atom. The molecular weight excluding hydrogens is 205 g/mol. The largest absolute Gasteiger partial charge is 0.359 e. The van der Waals surface area contributed by atoms with Crippen LogP contribution in [0.5, 0.6) is 0 Å². The molecule has 0 amide bonds. The zero-order valence-electron chi connectivity index (χ0n) is 7.70. The third kappa shape index (κ3) is 2.67. The predicted molar refractivity (Wildman–Crippen MR) is 55.0 cm³/mol. The number of hydrogen-bond acceptors (Lipinski definition) is 2. The molecule has 1 aliphatic rings. The lowest BCUT2D eigenvalue weighted by atomic mass is 10.2. The second kappa shape index (κ2) is 5.29. The van der Waals surface area contributed by atoms with Crippen LogP contribution in [0.1, 0.15) is 18.2 Å². The van der Waals surface area contributed by atoms with Gasteiger partial charge in [0.15, 0.2) is 0 Å². The van der Waals surface area contributed by atoms with Gasteiger partial charge < -0.3 is 4.74 Å². The van der Waals surface area contributed by atoms with Crippen LogP contribution in [0, 0.1) is 5.82 Å². The number of rotatable bonds is 1. The van der Waals surface area contributed by atoms with E-state index in [-0.39, 0.29) is 24.5 Å². The quantitative estimate of drug-likeness (QED) is 0.779. The molecule has 2 nitrogen and oxygen atoms in total. The number of halogens is 2. The zero-order valence-corrected chi connectivity index (χ0v) is 8.52. The molecule has 1 aliphatic heterocycles. The summed E-state index contributed by atoms with van der Waals surface area (Å²) in [5, 5.41) is 3.17. The summed E-state index contributed by atoms with van der Waals surface area (Å²) in [4.78, 5) is 0. The molecule has 1 heterocycles. The molecular formula is C10H13ClFNO. The van der Waals surface area contributed by atoms with Gasteiger partial charge in [0, 0.05) is 6.54 Å². The maximum Gasteiger partial charge on any atom is 0.134 e. The van der Waals surface area contributed by atoms with Gasteiger partial charge in [-0.2, -0.15) is 0 Å². The molecule has 2 rings (SSSR count). The Balaban J connectivity index is 0.000000980. The number of ether oxygens (including phenoxy) is 1. The van der Waals surface area contributed by atoms with Gasteiger partial charge in [0.2, 0.25) is 0 Å². The van der Waals surface area contributed by atoms with Crippen LogP contribution in [-0.4, -0.2) is 13.2 Å². The summed E-state index contributed by atoms with van der Waals surface area (Å²) < 4.78 is 18.3. The molecule has 0 bridgehead atoms. The first-order valence-corrected chi connectivity index (χ1v) is 4.47. The van der Waals surface area contributed by atoms with E-state index in [4.69, 9.17) is 4.74 Å². The highest BCUT2D eigenvalue weighted by atomic mass is 35.5. The van der Waals surface area contributed by atoms with Gasteiger partial charge in [0.05, 0.1) is 6.61 Å². The Morgan fingerprint density at radius 2 is 2.29 bits per heavy atom. The zero-order chi connectivity index (χ0) is 9.10. The van der Waals surface area contributed by atoms with Gasteiger partial charge in [-0.1, -0.05) is 12.1 Å². The Kier molecular flexibility index (Phi) is 4.32. The van der Waals surface area contributed by atoms with Gasteiger partial charge in [0.1, 0.15) is 12.0 Å². The molecule has 1 unspecified atom stereocenters. The van der Waals surface area contributed by atoms with Crippen molar-refractivity contribution in [3.8, 4) is 0 Å². The Bertz CT molecular complexity index is 289. The smallest absolute Gasteiger partial charge is 0.134 e. The number of nitrogens with one attached hydrogen (secondary N) is 1. The summed E-state index contributed by atoms with van der Waals surface area (Å²) in [6.45, 7) is 1.68. The van der Waals surface area contributed by atoms with Crippen molar-refractivity contribution in [2.45, 2.75) is 12.6 Å². The highest BCUT2D eigenvalue weighted by Crippen LogP contribution is 2.17. The fourth-order valence-corrected chi connectivity index (χ4v) is 1.45. The molecule has 1 N–H and O–H groups in total. The molecule has 0 spiro atoms. The minimum Gasteiger partial charge on any atom is -0.359 e. The lowest BCUT2D eigenvalue weighted by Gasteiger charge is -2.24. The highest BCUT2D eigenvalue weighted by molar-refractivity contribution is 5.85. The molecule has 0 aromatic heterocycles. The van der Waals surface area contributed by atoms with Gasteiger partial charge in [-0.05, 0) is 24.1 Å². The van der Waals surface area contributed by atoms with Crippen molar-refractivity contribution < 1.29 is 9.13 Å². The van der Waals surface area contributed by atoms with Crippen molar-refractivity contribution in [2.75, 3.05) is 13.2 Å². The average Bonchev–Trinajstić information content (AvgIpc) is 2.19. The Labute approximate surface area is 88.9 Å². The molecule has 0 radical (unpaired) electrons. The van der Waals surface area contributed by atoms with Crippen LogP contribution >= 0.6 is 12.4 Å². The van der Waals surface area contributed by atoms with Crippen molar-refractivity contribution in [1.82, 2.24) is 5.32 Å². The van der Waals surface area contributed by atoms with E-state index in [9.17, 15) is 4.39 Å². The second-order valence-corrected chi connectivity index (χ2v) is 3.11. The van der Waals surface area contributed by atoms with Gasteiger partial charge in [0.25, 0.3) is 0 Å². The molecule has 0 aliphatic carbocycles. The molecule has 1 aromatic carbocycles. The Morgan fingerprint density at radius 1 is 1.43 bits per heavy atom. The lowest BCUT2D eigenvalue weighted by Crippen LogP contribution is -2.31. The molecule has 1 aromatic rings. The number of hydrogen-bond donors (Lipinski definition) is 1. The summed E-state index contributed by atoms with van der Waals surface area (Å²) in [6, 6.07) is 6.51. The van der Waals surface area contributed by atoms with E-state index in [1.807, 2.05) is 6.07 Å². The summed E-state index contributed by atoms with van der Waals surface area (Å²) >= 11 is 0. The van der Waals surface area contributed by atoms with Crippen LogP contribution in [0.3, 0.4) is 0 Å². The van der Waals surface area contributed by atoms with E-state index < -0.39 is 0 Å². The van der Waals surface area contributed by atoms with E-state index in [1.165, 1.54) is 12.1 Å². The van der Waals surface area contributed by atoms with Crippen molar-refractivity contribution in [3.05, 3.63) is 35.6 Å². The summed E-state index contributed by atoms with van der Waals surface area (Å²) in [5.74, 6) is -0.214. The summed E-state index contributed by atoms with van der Waals surface area (Å²) in [5.41, 5.74) is 0.861. The van der Waals surface area contributed by atoms with Crippen LogP contribution in [0.2, 0.25) is 0 Å². The van der Waals surface area contributed by atoms with E-state index >= 15 is 0 Å². The van der Waals surface area contributed by atoms with Crippen LogP contribution in [0.15, 0.2) is 24.3 Å². The molecule has 1 fully saturated rings. The average molecular weight is 218 g/mol. The molecule has 1 saturated heterocycles. The van der Waals surface area contributed by atoms with E-state index in [0.29, 0.717) is 0 Å². The van der Waals surface area contributed by atoms with Gasteiger partial charge in [-0.15, -0.1) is 12.4 Å². The van der Waals surface area contributed by atoms with Crippen molar-refractivity contribution in [1.29, 1.82) is 0 Å². The maximum absolute atomic E-state index is 12.8. The SMILES string of the molecule is Cl.Fc1cccc(C2NCCCO2)c1. The molecule has 0 saturated carbocycles. The van der Waals surface area contributed by atoms with Crippen molar-refractivity contribution in [3.63, 3.8) is 0 Å². The van der Waals surface area contributed by atoms with Crippen LogP contribution in [0.25, 0.3) is 0 Å². The topological polar surface area (TPSA) is 21.3 Å². The fraction of sp³-hybridized carbons (Fsp3) is 0.400. The minimum atomic E-state index is -0.214. The van der Waals surface area contributed by atoms with E-state index in [1.54, 1.807) is 6.07 Å². The van der Waals surface area contributed by atoms with E-state index in [2.05, 4.69) is 5.32 Å². The van der Waals surface area contributed by atoms with Gasteiger partial charge in [-0.3, -0.25) is 5.32 Å². The Hall–Kier alpha value is -0.640. The fourth-order valence-electron chi connectivity index (χ4n) is 1.45. The minimum absolute atomic E-state index is 0. The van der Waals surface area contributed by atoms with Crippen molar-refractivity contribution in [2.24, 2.45) is 0 Å². The molecule has 78 valence electrons. The van der Waals surface area contributed by atoms with Gasteiger partial charge >= 0.3 is 0 Å². The van der Waals surface area contributed by atoms with E-state index in [0.717, 1.165) is 25.1 Å². The first kappa shape index (κ1) is 11.4. The number of benzene rings is 1. The standard InChI is InChI=1S/C10H12FNO.ClH/c11-9-4-1-3-8(7-9)10-12-5-2-6-13-10;/h1,3-4,7,10,12H,2,5-6H2;1H. The summed E-state index contributed by atoms with van der Waals surface area (Å²) in [7, 11) is 0. The van der Waals surface area contributed by atoms with Crippen LogP contribution in [-0.2, 0) is 4.74 Å². The molecule has 4 heteroatoms. The maximum atomic E-state index is 12.8. The first-order chi connectivity index (χ1) is 6.36. The molecule has 14 heavy (non-hydrogen) atoms. The molecule has 1 atom stereocenters.